The monoisotopic (exact) mass is 136 g/mol. The number of hydrogen-bond acceptors (Lipinski definition) is 2. The van der Waals surface area contributed by atoms with Crippen LogP contribution >= 0.6 is 0 Å². The zero-order valence-corrected chi connectivity index (χ0v) is 6.33. The fourth-order valence-electron chi connectivity index (χ4n) is 0.402. The maximum Gasteiger partial charge on any atom is 0.0912 e. The van der Waals surface area contributed by atoms with E-state index in [0.717, 1.165) is 0 Å². The van der Waals surface area contributed by atoms with E-state index in [2.05, 4.69) is 0 Å². The molecular formula is C8H12N2. The molecule has 0 rings (SSSR count). The fourth-order valence-corrected chi connectivity index (χ4v) is 0.402. The Labute approximate surface area is 61.6 Å². The summed E-state index contributed by atoms with van der Waals surface area (Å²) in [6.45, 7) is 3.79. The second-order valence-corrected chi connectivity index (χ2v) is 2.67. The first-order valence-electron chi connectivity index (χ1n) is 3.09. The number of nitrogens with zero attached hydrogens (tertiary/aromatic N) is 1. The summed E-state index contributed by atoms with van der Waals surface area (Å²) in [5.41, 5.74) is 5.32. The highest BCUT2D eigenvalue weighted by Gasteiger charge is 2.01. The normalized spacial score (nSPS) is 12.6. The molecular weight excluding hydrogens is 124 g/mol. The Morgan fingerprint density at radius 3 is 2.40 bits per heavy atom. The summed E-state index contributed by atoms with van der Waals surface area (Å²) < 4.78 is 0. The average Bonchev–Trinajstić information content (AvgIpc) is 1.78. The van der Waals surface area contributed by atoms with Crippen molar-refractivity contribution in [3.05, 3.63) is 24.3 Å². The second-order valence-electron chi connectivity index (χ2n) is 2.67. The highest BCUT2D eigenvalue weighted by molar-refractivity contribution is 5.14. The molecule has 0 aliphatic carbocycles. The lowest BCUT2D eigenvalue weighted by atomic mass is 10.1. The molecule has 0 radical (unpaired) electrons. The lowest BCUT2D eigenvalue weighted by molar-refractivity contribution is 0.654. The Morgan fingerprint density at radius 1 is 1.40 bits per heavy atom. The van der Waals surface area contributed by atoms with E-state index in [4.69, 9.17) is 11.0 Å². The molecule has 0 bridgehead atoms. The molecule has 54 valence electrons. The summed E-state index contributed by atoms with van der Waals surface area (Å²) in [5, 5.41) is 8.09. The Balaban J connectivity index is 3.81. The molecule has 0 aliphatic heterocycles. The van der Waals surface area contributed by atoms with Gasteiger partial charge in [-0.25, -0.2) is 0 Å². The van der Waals surface area contributed by atoms with Gasteiger partial charge >= 0.3 is 0 Å². The van der Waals surface area contributed by atoms with Gasteiger partial charge in [0.25, 0.3) is 0 Å². The summed E-state index contributed by atoms with van der Waals surface area (Å²) in [7, 11) is 0. The highest BCUT2D eigenvalue weighted by atomic mass is 14.7. The van der Waals surface area contributed by atoms with Crippen molar-refractivity contribution in [2.75, 3.05) is 0 Å². The molecule has 0 aromatic rings. The highest BCUT2D eigenvalue weighted by Crippen LogP contribution is 1.97. The molecule has 0 unspecified atom stereocenters. The van der Waals surface area contributed by atoms with Gasteiger partial charge in [-0.05, 0) is 13.8 Å². The number of nitrogens with two attached hydrogens (primary N) is 1. The van der Waals surface area contributed by atoms with Gasteiger partial charge in [0, 0.05) is 11.6 Å². The smallest absolute Gasteiger partial charge is 0.0912 e. The van der Waals surface area contributed by atoms with Crippen LogP contribution in [0.4, 0.5) is 0 Å². The van der Waals surface area contributed by atoms with E-state index in [1.54, 1.807) is 12.2 Å². The lowest BCUT2D eigenvalue weighted by Gasteiger charge is -2.10. The van der Waals surface area contributed by atoms with Crippen LogP contribution in [-0.4, -0.2) is 5.54 Å². The Morgan fingerprint density at radius 2 is 2.00 bits per heavy atom. The minimum Gasteiger partial charge on any atom is -0.322 e. The van der Waals surface area contributed by atoms with E-state index < -0.39 is 0 Å². The van der Waals surface area contributed by atoms with Crippen LogP contribution < -0.4 is 5.73 Å². The van der Waals surface area contributed by atoms with Crippen LogP contribution in [0.5, 0.6) is 0 Å². The molecule has 2 N–H and O–H groups in total. The van der Waals surface area contributed by atoms with Crippen LogP contribution in [0, 0.1) is 11.3 Å². The van der Waals surface area contributed by atoms with Gasteiger partial charge in [0.15, 0.2) is 0 Å². The van der Waals surface area contributed by atoms with Crippen molar-refractivity contribution in [1.29, 1.82) is 5.26 Å². The average molecular weight is 136 g/mol. The first-order chi connectivity index (χ1) is 4.56. The van der Waals surface area contributed by atoms with Crippen molar-refractivity contribution in [2.45, 2.75) is 19.4 Å². The van der Waals surface area contributed by atoms with Crippen LogP contribution in [0.15, 0.2) is 24.3 Å². The molecule has 0 amide bonds. The van der Waals surface area contributed by atoms with E-state index in [-0.39, 0.29) is 5.54 Å². The number of allylic oxidation sites excluding steroid dienone is 3. The third kappa shape index (κ3) is 6.93. The largest absolute Gasteiger partial charge is 0.322 e. The predicted octanol–water partition coefficient (Wildman–Crippen LogP) is 1.36. The van der Waals surface area contributed by atoms with Crippen LogP contribution in [0.2, 0.25) is 0 Å². The van der Waals surface area contributed by atoms with Crippen molar-refractivity contribution in [3.8, 4) is 6.07 Å². The maximum atomic E-state index is 8.09. The van der Waals surface area contributed by atoms with Crippen molar-refractivity contribution in [2.24, 2.45) is 5.73 Å². The Bertz CT molecular complexity index is 176. The fraction of sp³-hybridized carbons (Fsp3) is 0.375. The quantitative estimate of drug-likeness (QED) is 0.460. The van der Waals surface area contributed by atoms with Gasteiger partial charge in [-0.1, -0.05) is 18.2 Å². The maximum absolute atomic E-state index is 8.09. The van der Waals surface area contributed by atoms with Gasteiger partial charge in [0.05, 0.1) is 6.07 Å². The number of nitriles is 1. The van der Waals surface area contributed by atoms with Crippen LogP contribution in [-0.2, 0) is 0 Å². The molecule has 0 saturated carbocycles. The molecule has 0 heterocycles. The zero-order chi connectivity index (χ0) is 8.04. The zero-order valence-electron chi connectivity index (χ0n) is 6.33. The van der Waals surface area contributed by atoms with Crippen molar-refractivity contribution in [1.82, 2.24) is 0 Å². The molecule has 2 nitrogen and oxygen atoms in total. The van der Waals surface area contributed by atoms with E-state index in [1.165, 1.54) is 6.08 Å². The van der Waals surface area contributed by atoms with Gasteiger partial charge in [-0.15, -0.1) is 0 Å². The van der Waals surface area contributed by atoms with Crippen LogP contribution in [0.1, 0.15) is 13.8 Å². The minimum absolute atomic E-state index is 0.292. The van der Waals surface area contributed by atoms with Gasteiger partial charge in [-0.3, -0.25) is 0 Å². The van der Waals surface area contributed by atoms with Gasteiger partial charge < -0.3 is 5.73 Å². The molecule has 0 fully saturated rings. The SMILES string of the molecule is CC(C)(N)/C=C\C=C\C#N. The van der Waals surface area contributed by atoms with Crippen LogP contribution in [0.25, 0.3) is 0 Å². The van der Waals surface area contributed by atoms with Crippen LogP contribution in [0.3, 0.4) is 0 Å². The predicted molar refractivity (Wildman–Crippen MR) is 42.2 cm³/mol. The molecule has 0 aliphatic rings. The molecule has 0 aromatic heterocycles. The molecule has 0 aromatic carbocycles. The van der Waals surface area contributed by atoms with Crippen molar-refractivity contribution >= 4 is 0 Å². The summed E-state index contributed by atoms with van der Waals surface area (Å²) >= 11 is 0. The van der Waals surface area contributed by atoms with E-state index in [9.17, 15) is 0 Å². The molecule has 0 spiro atoms. The van der Waals surface area contributed by atoms with E-state index >= 15 is 0 Å². The van der Waals surface area contributed by atoms with Gasteiger partial charge in [-0.2, -0.15) is 5.26 Å². The molecule has 10 heavy (non-hydrogen) atoms. The minimum atomic E-state index is -0.292. The summed E-state index contributed by atoms with van der Waals surface area (Å²) in [5.74, 6) is 0. The van der Waals surface area contributed by atoms with Gasteiger partial charge in [0.2, 0.25) is 0 Å². The Hall–Kier alpha value is -1.07. The molecule has 0 atom stereocenters. The topological polar surface area (TPSA) is 49.8 Å². The van der Waals surface area contributed by atoms with Crippen molar-refractivity contribution in [3.63, 3.8) is 0 Å². The van der Waals surface area contributed by atoms with Gasteiger partial charge in [0.1, 0.15) is 0 Å². The number of hydrogen-bond donors (Lipinski definition) is 1. The Kier molecular flexibility index (Phi) is 3.45. The number of rotatable bonds is 2. The summed E-state index contributed by atoms with van der Waals surface area (Å²) in [4.78, 5) is 0. The van der Waals surface area contributed by atoms with E-state index in [0.29, 0.717) is 0 Å². The first-order valence-corrected chi connectivity index (χ1v) is 3.09. The second kappa shape index (κ2) is 3.86. The summed E-state index contributed by atoms with van der Waals surface area (Å²) in [6.07, 6.45) is 6.67. The molecule has 2 heteroatoms. The lowest BCUT2D eigenvalue weighted by Crippen LogP contribution is -2.28. The van der Waals surface area contributed by atoms with E-state index in [1.807, 2.05) is 26.0 Å². The van der Waals surface area contributed by atoms with Crippen molar-refractivity contribution < 1.29 is 0 Å². The standard InChI is InChI=1S/C8H12N2/c1-8(2,10)6-4-3-5-7-9/h3-6H,10H2,1-2H3/b5-3+,6-4-. The summed E-state index contributed by atoms with van der Waals surface area (Å²) in [6, 6.07) is 1.88. The first kappa shape index (κ1) is 8.93. The third-order valence-electron chi connectivity index (χ3n) is 0.808. The third-order valence-corrected chi connectivity index (χ3v) is 0.808. The molecule has 0 saturated heterocycles.